The van der Waals surface area contributed by atoms with Crippen molar-refractivity contribution in [1.82, 2.24) is 0 Å². The van der Waals surface area contributed by atoms with Gasteiger partial charge in [-0.2, -0.15) is 0 Å². The van der Waals surface area contributed by atoms with Gasteiger partial charge in [-0.25, -0.2) is 28.8 Å². The van der Waals surface area contributed by atoms with Gasteiger partial charge in [0.15, 0.2) is 36.6 Å². The highest BCUT2D eigenvalue weighted by Crippen LogP contribution is 2.13. The zero-order valence-electron chi connectivity index (χ0n) is 53.7. The van der Waals surface area contributed by atoms with E-state index in [2.05, 4.69) is 0 Å². The molecule has 0 heterocycles. The second kappa shape index (κ2) is 48.3. The highest BCUT2D eigenvalue weighted by atomic mass is 16.5. The first-order valence-corrected chi connectivity index (χ1v) is 29.3. The third kappa shape index (κ3) is 35.3. The van der Waals surface area contributed by atoms with Crippen LogP contribution >= 0.6 is 0 Å². The summed E-state index contributed by atoms with van der Waals surface area (Å²) in [6.07, 6.45) is -9.37. The van der Waals surface area contributed by atoms with E-state index in [0.717, 1.165) is 33.4 Å². The number of ether oxygens (including phenoxy) is 6. The smallest absolute Gasteiger partial charge is 0.335 e. The number of benzene rings is 6. The minimum absolute atomic E-state index is 0.00120. The van der Waals surface area contributed by atoms with E-state index in [1.807, 2.05) is 0 Å². The Morgan fingerprint density at radius 3 is 0.373 bits per heavy atom. The first-order valence-electron chi connectivity index (χ1n) is 29.3. The number of rotatable bonds is 36. The summed E-state index contributed by atoms with van der Waals surface area (Å²) in [5.41, 5.74) is 35.8. The summed E-state index contributed by atoms with van der Waals surface area (Å²) in [5.74, 6) is -16.8. The summed E-state index contributed by atoms with van der Waals surface area (Å²) in [6, 6.07) is 43.4. The standard InChI is InChI=1S/6C11H13NO5/c6*12-8(10(13)14)9(11(15)16)17-6-7-4-2-1-3-5-7/h6*1-5,8-9H,6,12H2,(H,13,14)(H,15,16)/t6*8-,9-/m111000/s1. The van der Waals surface area contributed by atoms with E-state index in [-0.39, 0.29) is 39.6 Å². The molecule has 102 heavy (non-hydrogen) atoms. The summed E-state index contributed by atoms with van der Waals surface area (Å²) in [4.78, 5) is 128. The third-order valence-corrected chi connectivity index (χ3v) is 12.8. The van der Waals surface area contributed by atoms with Gasteiger partial charge >= 0.3 is 71.6 Å². The minimum atomic E-state index is -1.59. The first-order chi connectivity index (χ1) is 48.1. The first kappa shape index (κ1) is 88.5. The molecule has 0 bridgehead atoms. The summed E-state index contributed by atoms with van der Waals surface area (Å²) in [6.45, 7) is -0.00722. The predicted molar refractivity (Wildman–Crippen MR) is 350 cm³/mol. The monoisotopic (exact) mass is 1430 g/mol. The maximum absolute atomic E-state index is 10.8. The molecular weight excluding hydrogens is 1360 g/mol. The van der Waals surface area contributed by atoms with E-state index < -0.39 is 145 Å². The molecule has 36 heteroatoms. The van der Waals surface area contributed by atoms with Crippen molar-refractivity contribution in [2.45, 2.75) is 113 Å². The molecule has 0 radical (unpaired) electrons. The molecule has 0 aliphatic carbocycles. The van der Waals surface area contributed by atoms with Crippen molar-refractivity contribution in [3.05, 3.63) is 215 Å². The molecule has 6 rings (SSSR count). The van der Waals surface area contributed by atoms with Gasteiger partial charge < -0.3 is 124 Å². The lowest BCUT2D eigenvalue weighted by molar-refractivity contribution is -0.159. The van der Waals surface area contributed by atoms with Crippen molar-refractivity contribution >= 4 is 71.6 Å². The Bertz CT molecular complexity index is 2950. The van der Waals surface area contributed by atoms with Gasteiger partial charge in [0.1, 0.15) is 36.3 Å². The second-order valence-corrected chi connectivity index (χ2v) is 20.5. The molecule has 0 spiro atoms. The SMILES string of the molecule is N[C@@H](C(=O)O)[C@@H](OCc1ccccc1)C(=O)O.N[C@@H](C(=O)O)[C@@H](OCc1ccccc1)C(=O)O.N[C@@H](C(=O)O)[C@@H](OCc1ccccc1)C(=O)O.N[C@H](C(=O)O)[C@H](OCc1ccccc1)C(=O)O.N[C@H](C(=O)O)[C@H](OCc1ccccc1)C(=O)O.N[C@H](C(=O)O)[C@H](OCc1ccccc1)C(=O)O. The average molecular weight is 1440 g/mol. The molecule has 36 nitrogen and oxygen atoms in total. The lowest BCUT2D eigenvalue weighted by Crippen LogP contribution is -2.47. The van der Waals surface area contributed by atoms with Crippen LogP contribution in [0.15, 0.2) is 182 Å². The molecule has 12 atom stereocenters. The predicted octanol–water partition coefficient (Wildman–Crippen LogP) is 0.410. The Labute approximate surface area is 579 Å². The fourth-order valence-electron chi connectivity index (χ4n) is 7.31. The number of carboxylic acid groups (broad SMARTS) is 12. The number of carbonyl (C=O) groups is 12. The lowest BCUT2D eigenvalue weighted by Gasteiger charge is -2.17. The van der Waals surface area contributed by atoms with E-state index in [1.165, 1.54) is 0 Å². The van der Waals surface area contributed by atoms with Crippen LogP contribution in [0, 0.1) is 0 Å². The largest absolute Gasteiger partial charge is 0.480 e. The molecule has 0 aromatic heterocycles. The van der Waals surface area contributed by atoms with Crippen LogP contribution in [0.3, 0.4) is 0 Å². The maximum Gasteiger partial charge on any atom is 0.335 e. The van der Waals surface area contributed by atoms with Crippen molar-refractivity contribution in [2.75, 3.05) is 0 Å². The van der Waals surface area contributed by atoms with Crippen LogP contribution in [0.5, 0.6) is 0 Å². The van der Waals surface area contributed by atoms with Crippen molar-refractivity contribution < 1.29 is 147 Å². The zero-order valence-corrected chi connectivity index (χ0v) is 53.7. The second-order valence-electron chi connectivity index (χ2n) is 20.5. The Hall–Kier alpha value is -11.5. The molecule has 6 aromatic rings. The zero-order chi connectivity index (χ0) is 77.0. The molecule has 552 valence electrons. The fraction of sp³-hybridized carbons (Fsp3) is 0.273. The quantitative estimate of drug-likeness (QED) is 0.0253. The van der Waals surface area contributed by atoms with Gasteiger partial charge in [-0.15, -0.1) is 0 Å². The molecule has 0 aliphatic rings. The van der Waals surface area contributed by atoms with E-state index in [4.69, 9.17) is 124 Å². The van der Waals surface area contributed by atoms with Gasteiger partial charge in [0.05, 0.1) is 39.6 Å². The molecule has 0 amide bonds. The van der Waals surface area contributed by atoms with E-state index >= 15 is 0 Å². The Morgan fingerprint density at radius 2 is 0.294 bits per heavy atom. The fourth-order valence-corrected chi connectivity index (χ4v) is 7.31. The van der Waals surface area contributed by atoms with Crippen LogP contribution in [0.4, 0.5) is 0 Å². The van der Waals surface area contributed by atoms with E-state index in [1.54, 1.807) is 182 Å². The molecule has 0 saturated carbocycles. The van der Waals surface area contributed by atoms with Crippen LogP contribution in [0.1, 0.15) is 33.4 Å². The van der Waals surface area contributed by atoms with Crippen molar-refractivity contribution in [2.24, 2.45) is 34.4 Å². The molecule has 0 saturated heterocycles. The highest BCUT2D eigenvalue weighted by Gasteiger charge is 2.36. The molecule has 6 aromatic carbocycles. The van der Waals surface area contributed by atoms with Gasteiger partial charge in [0.25, 0.3) is 0 Å². The molecule has 0 fully saturated rings. The van der Waals surface area contributed by atoms with Gasteiger partial charge in [0, 0.05) is 0 Å². The Morgan fingerprint density at radius 1 is 0.196 bits per heavy atom. The summed E-state index contributed by atoms with van der Waals surface area (Å²) < 4.78 is 30.0. The van der Waals surface area contributed by atoms with Crippen molar-refractivity contribution in [1.29, 1.82) is 0 Å². The number of aliphatic carboxylic acids is 12. The summed E-state index contributed by atoms with van der Waals surface area (Å²) in [7, 11) is 0. The minimum Gasteiger partial charge on any atom is -0.480 e. The number of nitrogens with two attached hydrogens (primary N) is 6. The van der Waals surface area contributed by atoms with Gasteiger partial charge in [-0.1, -0.05) is 182 Å². The summed E-state index contributed by atoms with van der Waals surface area (Å²) >= 11 is 0. The number of hydrogen-bond donors (Lipinski definition) is 18. The van der Waals surface area contributed by atoms with Crippen molar-refractivity contribution in [3.8, 4) is 0 Å². The molecule has 24 N–H and O–H groups in total. The topological polar surface area (TPSA) is 659 Å². The van der Waals surface area contributed by atoms with Crippen LogP contribution in [-0.2, 0) is 126 Å². The lowest BCUT2D eigenvalue weighted by atomic mass is 10.1. The average Bonchev–Trinajstić information content (AvgIpc) is 0.923. The third-order valence-electron chi connectivity index (χ3n) is 12.8. The van der Waals surface area contributed by atoms with Crippen LogP contribution < -0.4 is 34.4 Å². The normalized spacial score (nSPS) is 13.9. The number of carboxylic acids is 12. The molecule has 0 aliphatic heterocycles. The van der Waals surface area contributed by atoms with Gasteiger partial charge in [-0.05, 0) is 33.4 Å². The Kier molecular flexibility index (Phi) is 41.9. The van der Waals surface area contributed by atoms with Crippen LogP contribution in [-0.4, -0.2) is 206 Å². The van der Waals surface area contributed by atoms with Crippen molar-refractivity contribution in [3.63, 3.8) is 0 Å². The van der Waals surface area contributed by atoms with E-state index in [9.17, 15) is 57.5 Å². The molecule has 0 unspecified atom stereocenters. The van der Waals surface area contributed by atoms with Gasteiger partial charge in [0.2, 0.25) is 0 Å². The summed E-state index contributed by atoms with van der Waals surface area (Å²) in [5, 5.41) is 105. The van der Waals surface area contributed by atoms with Gasteiger partial charge in [-0.3, -0.25) is 28.8 Å². The van der Waals surface area contributed by atoms with Crippen LogP contribution in [0.25, 0.3) is 0 Å². The van der Waals surface area contributed by atoms with Crippen LogP contribution in [0.2, 0.25) is 0 Å². The molecular formula is C66H78N6O30. The maximum atomic E-state index is 10.8. The van der Waals surface area contributed by atoms with E-state index in [0.29, 0.717) is 0 Å². The number of hydrogen-bond acceptors (Lipinski definition) is 24. The highest BCUT2D eigenvalue weighted by molar-refractivity contribution is 5.87. The Balaban J connectivity index is 0.000000612.